The number of ether oxygens (including phenoxy) is 1. The summed E-state index contributed by atoms with van der Waals surface area (Å²) in [5.74, 6) is -1.73. The molecule has 0 aliphatic rings. The lowest BCUT2D eigenvalue weighted by atomic mass is 10.1. The third-order valence-corrected chi connectivity index (χ3v) is 3.64. The van der Waals surface area contributed by atoms with Gasteiger partial charge in [-0.15, -0.1) is 0 Å². The number of hydrogen-bond acceptors (Lipinski definition) is 6. The lowest BCUT2D eigenvalue weighted by molar-refractivity contribution is -0.387. The maximum atomic E-state index is 12.9. The Morgan fingerprint density at radius 3 is 1.68 bits per heavy atom. The average Bonchev–Trinajstić information content (AvgIpc) is 2.61. The van der Waals surface area contributed by atoms with Gasteiger partial charge in [0.2, 0.25) is 11.6 Å². The zero-order valence-corrected chi connectivity index (χ0v) is 14.8. The van der Waals surface area contributed by atoms with E-state index in [4.69, 9.17) is 9.84 Å². The normalized spacial score (nSPS) is 12.1. The molecule has 0 fully saturated rings. The number of benzene rings is 2. The summed E-state index contributed by atoms with van der Waals surface area (Å²) in [5, 5.41) is 29.8. The highest BCUT2D eigenvalue weighted by Crippen LogP contribution is 2.24. The third kappa shape index (κ3) is 6.63. The average molecular weight is 400 g/mol. The van der Waals surface area contributed by atoms with E-state index in [-0.39, 0.29) is 13.5 Å². The van der Waals surface area contributed by atoms with Gasteiger partial charge >= 0.3 is 11.4 Å². The molecule has 2 aromatic carbocycles. The number of hydrogen-bond donors (Lipinski definition) is 1. The first-order valence-corrected chi connectivity index (χ1v) is 7.67. The van der Waals surface area contributed by atoms with Gasteiger partial charge in [0.15, 0.2) is 0 Å². The zero-order chi connectivity index (χ0) is 20.7. The van der Waals surface area contributed by atoms with Gasteiger partial charge < -0.3 is 9.84 Å². The molecule has 2 atom stereocenters. The van der Waals surface area contributed by atoms with Crippen LogP contribution in [0.25, 0.3) is 0 Å². The van der Waals surface area contributed by atoms with Crippen molar-refractivity contribution in [2.75, 3.05) is 7.11 Å². The van der Waals surface area contributed by atoms with Gasteiger partial charge in [0, 0.05) is 19.2 Å². The Morgan fingerprint density at radius 1 is 0.929 bits per heavy atom. The highest BCUT2D eigenvalue weighted by Gasteiger charge is 2.17. The monoisotopic (exact) mass is 400 g/mol. The molecular weight excluding hydrogens is 378 g/mol. The summed E-state index contributed by atoms with van der Waals surface area (Å²) in [4.78, 5) is 19.1. The minimum absolute atomic E-state index is 0. The number of halogens is 2. The fourth-order valence-corrected chi connectivity index (χ4v) is 1.99. The van der Waals surface area contributed by atoms with Crippen LogP contribution in [0.4, 0.5) is 20.2 Å². The second-order valence-corrected chi connectivity index (χ2v) is 5.49. The number of aliphatic hydroxyl groups excluding tert-OH is 1. The van der Waals surface area contributed by atoms with Gasteiger partial charge in [-0.25, -0.2) is 0 Å². The van der Waals surface area contributed by atoms with Crippen LogP contribution in [0.2, 0.25) is 0 Å². The molecule has 0 amide bonds. The van der Waals surface area contributed by atoms with Crippen molar-refractivity contribution in [2.24, 2.45) is 0 Å². The number of nitro groups is 2. The first-order chi connectivity index (χ1) is 12.6. The second kappa shape index (κ2) is 11.0. The predicted molar refractivity (Wildman–Crippen MR) is 98.9 cm³/mol. The van der Waals surface area contributed by atoms with Gasteiger partial charge in [0.1, 0.15) is 0 Å². The van der Waals surface area contributed by atoms with Gasteiger partial charge in [-0.05, 0) is 37.1 Å². The Balaban J connectivity index is 0.000000504. The minimum atomic E-state index is -0.894. The molecule has 0 saturated carbocycles. The molecule has 0 heterocycles. The molecule has 0 radical (unpaired) electrons. The van der Waals surface area contributed by atoms with Gasteiger partial charge in [0.05, 0.1) is 22.1 Å². The van der Waals surface area contributed by atoms with E-state index in [1.807, 2.05) is 0 Å². The third-order valence-electron chi connectivity index (χ3n) is 3.64. The smallest absolute Gasteiger partial charge is 0.305 e. The predicted octanol–water partition coefficient (Wildman–Crippen LogP) is 4.86. The molecule has 2 unspecified atom stereocenters. The highest BCUT2D eigenvalue weighted by molar-refractivity contribution is 5.37. The van der Waals surface area contributed by atoms with Gasteiger partial charge in [0.25, 0.3) is 0 Å². The van der Waals surface area contributed by atoms with Crippen LogP contribution in [0.1, 0.15) is 44.6 Å². The topological polar surface area (TPSA) is 116 Å². The van der Waals surface area contributed by atoms with Crippen molar-refractivity contribution in [1.29, 1.82) is 0 Å². The minimum Gasteiger partial charge on any atom is -0.389 e. The molecule has 1 N–H and O–H groups in total. The molecule has 0 aliphatic heterocycles. The van der Waals surface area contributed by atoms with E-state index in [1.54, 1.807) is 6.92 Å². The summed E-state index contributed by atoms with van der Waals surface area (Å²) in [7, 11) is 1.49. The number of rotatable bonds is 5. The molecular formula is C18H22F2N2O6. The molecule has 0 spiro atoms. The van der Waals surface area contributed by atoms with E-state index in [0.717, 1.165) is 18.2 Å². The van der Waals surface area contributed by atoms with Crippen molar-refractivity contribution < 1.29 is 28.5 Å². The molecule has 8 nitrogen and oxygen atoms in total. The number of methoxy groups -OCH3 is 1. The highest BCUT2D eigenvalue weighted by atomic mass is 19.1. The fourth-order valence-electron chi connectivity index (χ4n) is 1.99. The quantitative estimate of drug-likeness (QED) is 0.566. The van der Waals surface area contributed by atoms with E-state index in [1.165, 1.54) is 32.2 Å². The Morgan fingerprint density at radius 2 is 1.32 bits per heavy atom. The van der Waals surface area contributed by atoms with Crippen molar-refractivity contribution in [3.63, 3.8) is 0 Å². The summed E-state index contributed by atoms with van der Waals surface area (Å²) in [6, 6.07) is 7.04. The van der Waals surface area contributed by atoms with Crippen molar-refractivity contribution in [3.8, 4) is 0 Å². The van der Waals surface area contributed by atoms with E-state index in [0.29, 0.717) is 11.1 Å². The lowest BCUT2D eigenvalue weighted by Gasteiger charge is -2.08. The molecule has 0 aliphatic carbocycles. The van der Waals surface area contributed by atoms with Crippen LogP contribution in [0.3, 0.4) is 0 Å². The molecule has 2 rings (SSSR count). The largest absolute Gasteiger partial charge is 0.389 e. The molecule has 10 heteroatoms. The van der Waals surface area contributed by atoms with Crippen LogP contribution in [-0.2, 0) is 4.74 Å². The van der Waals surface area contributed by atoms with Crippen LogP contribution >= 0.6 is 0 Å². The molecule has 154 valence electrons. The summed E-state index contributed by atoms with van der Waals surface area (Å²) >= 11 is 0. The Hall–Kier alpha value is -2.98. The van der Waals surface area contributed by atoms with Crippen molar-refractivity contribution in [2.45, 2.75) is 33.5 Å². The van der Waals surface area contributed by atoms with Crippen molar-refractivity contribution >= 4 is 11.4 Å². The molecule has 28 heavy (non-hydrogen) atoms. The molecule has 2 aromatic rings. The summed E-state index contributed by atoms with van der Waals surface area (Å²) in [6.07, 6.45) is -1.12. The molecule has 0 saturated heterocycles. The van der Waals surface area contributed by atoms with E-state index in [9.17, 15) is 29.0 Å². The molecule has 0 bridgehead atoms. The van der Waals surface area contributed by atoms with Crippen molar-refractivity contribution in [3.05, 3.63) is 79.4 Å². The maximum Gasteiger partial charge on any atom is 0.305 e. The standard InChI is InChI=1S/C9H10FNO3.C8H8FNO3.CH4/c1-6(14-2)7-3-4-8(10)9(5-7)11(12)13;1-5(11)6-2-3-7(9)8(4-6)10(12)13;/h3-6H,1-2H3;2-5,11H,1H3;1H4. The Bertz CT molecular complexity index is 830. The Labute approximate surface area is 160 Å². The first kappa shape index (κ1) is 25.0. The van der Waals surface area contributed by atoms with Crippen LogP contribution in [0, 0.1) is 31.9 Å². The number of nitro benzene ring substituents is 2. The van der Waals surface area contributed by atoms with Gasteiger partial charge in [-0.3, -0.25) is 20.2 Å². The van der Waals surface area contributed by atoms with E-state index in [2.05, 4.69) is 0 Å². The van der Waals surface area contributed by atoms with Crippen LogP contribution in [0.15, 0.2) is 36.4 Å². The Kier molecular flexibility index (Phi) is 9.83. The second-order valence-electron chi connectivity index (χ2n) is 5.49. The molecule has 0 aromatic heterocycles. The summed E-state index contributed by atoms with van der Waals surface area (Å²) in [6.45, 7) is 3.19. The van der Waals surface area contributed by atoms with E-state index >= 15 is 0 Å². The first-order valence-electron chi connectivity index (χ1n) is 7.67. The van der Waals surface area contributed by atoms with Crippen LogP contribution in [0.5, 0.6) is 0 Å². The number of nitrogens with zero attached hydrogens (tertiary/aromatic N) is 2. The summed E-state index contributed by atoms with van der Waals surface area (Å²) < 4.78 is 30.6. The van der Waals surface area contributed by atoms with Gasteiger partial charge in [-0.1, -0.05) is 19.6 Å². The van der Waals surface area contributed by atoms with Gasteiger partial charge in [-0.2, -0.15) is 8.78 Å². The number of aliphatic hydroxyl groups is 1. The fraction of sp³-hybridized carbons (Fsp3) is 0.333. The van der Waals surface area contributed by atoms with Crippen LogP contribution < -0.4 is 0 Å². The van der Waals surface area contributed by atoms with Crippen molar-refractivity contribution in [1.82, 2.24) is 0 Å². The SMILES string of the molecule is C.CC(O)c1ccc(F)c([N+](=O)[O-])c1.COC(C)c1ccc(F)c([N+](=O)[O-])c1. The zero-order valence-electron chi connectivity index (χ0n) is 14.8. The van der Waals surface area contributed by atoms with E-state index < -0.39 is 39.0 Å². The summed E-state index contributed by atoms with van der Waals surface area (Å²) in [5.41, 5.74) is -0.224. The lowest BCUT2D eigenvalue weighted by Crippen LogP contribution is -1.99. The maximum absolute atomic E-state index is 12.9. The van der Waals surface area contributed by atoms with Crippen LogP contribution in [-0.4, -0.2) is 22.1 Å².